The zero-order valence-corrected chi connectivity index (χ0v) is 17.1. The number of hydrogen-bond acceptors (Lipinski definition) is 4. The van der Waals surface area contributed by atoms with Gasteiger partial charge in [0.05, 0.1) is 12.2 Å². The summed E-state index contributed by atoms with van der Waals surface area (Å²) < 4.78 is 5.72. The van der Waals surface area contributed by atoms with E-state index in [-0.39, 0.29) is 18.9 Å². The summed E-state index contributed by atoms with van der Waals surface area (Å²) in [5.41, 5.74) is 2.64. The number of nitrogens with one attached hydrogen (secondary N) is 3. The van der Waals surface area contributed by atoms with Crippen LogP contribution in [0, 0.1) is 0 Å². The highest BCUT2D eigenvalue weighted by Gasteiger charge is 2.11. The topological polar surface area (TPSA) is 100 Å². The van der Waals surface area contributed by atoms with Crippen molar-refractivity contribution in [3.63, 3.8) is 0 Å². The molecule has 0 unspecified atom stereocenters. The fraction of sp³-hybridized carbons (Fsp3) is 0.190. The highest BCUT2D eigenvalue weighted by atomic mass is 79.9. The summed E-state index contributed by atoms with van der Waals surface area (Å²) in [6.45, 7) is -0.637. The van der Waals surface area contributed by atoms with Gasteiger partial charge < -0.3 is 20.4 Å². The molecule has 0 spiro atoms. The molecule has 0 aliphatic carbocycles. The molecule has 2 aromatic carbocycles. The Morgan fingerprint density at radius 1 is 1.00 bits per heavy atom. The van der Waals surface area contributed by atoms with Gasteiger partial charge in [-0.25, -0.2) is 0 Å². The van der Waals surface area contributed by atoms with E-state index in [1.54, 1.807) is 18.2 Å². The molecule has 0 fully saturated rings. The fourth-order valence-corrected chi connectivity index (χ4v) is 3.16. The summed E-state index contributed by atoms with van der Waals surface area (Å²) in [5.74, 6) is -1.38. The molecule has 150 valence electrons. The molecule has 3 rings (SSSR count). The first-order chi connectivity index (χ1) is 14.0. The quantitative estimate of drug-likeness (QED) is 0.452. The van der Waals surface area contributed by atoms with E-state index in [0.717, 1.165) is 20.9 Å². The zero-order valence-electron chi connectivity index (χ0n) is 15.5. The minimum absolute atomic E-state index is 0.164. The van der Waals surface area contributed by atoms with Crippen LogP contribution in [-0.2, 0) is 25.5 Å². The number of H-pyrrole nitrogens is 1. The van der Waals surface area contributed by atoms with Crippen molar-refractivity contribution < 1.29 is 19.1 Å². The van der Waals surface area contributed by atoms with Crippen LogP contribution in [0.4, 0.5) is 5.69 Å². The third kappa shape index (κ3) is 5.92. The second-order valence-electron chi connectivity index (χ2n) is 6.32. The minimum Gasteiger partial charge on any atom is -0.456 e. The maximum Gasteiger partial charge on any atom is 0.306 e. The van der Waals surface area contributed by atoms with Crippen LogP contribution < -0.4 is 10.6 Å². The number of hydrogen-bond donors (Lipinski definition) is 3. The summed E-state index contributed by atoms with van der Waals surface area (Å²) in [4.78, 5) is 38.7. The van der Waals surface area contributed by atoms with Gasteiger partial charge in [-0.15, -0.1) is 0 Å². The van der Waals surface area contributed by atoms with Gasteiger partial charge in [-0.2, -0.15) is 0 Å². The molecule has 0 aliphatic heterocycles. The summed E-state index contributed by atoms with van der Waals surface area (Å²) in [7, 11) is 0. The molecule has 8 heteroatoms. The van der Waals surface area contributed by atoms with Gasteiger partial charge in [-0.1, -0.05) is 30.3 Å². The maximum atomic E-state index is 11.9. The van der Waals surface area contributed by atoms with Crippen molar-refractivity contribution in [2.45, 2.75) is 12.8 Å². The molecule has 7 nitrogen and oxygen atoms in total. The second-order valence-corrected chi connectivity index (χ2v) is 7.18. The number of esters is 1. The Balaban J connectivity index is 1.36. The van der Waals surface area contributed by atoms with Crippen LogP contribution in [0.2, 0.25) is 0 Å². The monoisotopic (exact) mass is 457 g/mol. The van der Waals surface area contributed by atoms with Crippen molar-refractivity contribution in [1.29, 1.82) is 0 Å². The number of fused-ring (bicyclic) bond motifs is 1. The predicted molar refractivity (Wildman–Crippen MR) is 113 cm³/mol. The number of aromatic nitrogens is 1. The van der Waals surface area contributed by atoms with Gasteiger partial charge >= 0.3 is 5.97 Å². The van der Waals surface area contributed by atoms with E-state index >= 15 is 0 Å². The van der Waals surface area contributed by atoms with Gasteiger partial charge in [0.15, 0.2) is 6.61 Å². The first-order valence-electron chi connectivity index (χ1n) is 9.04. The summed E-state index contributed by atoms with van der Waals surface area (Å²) >= 11 is 3.33. The lowest BCUT2D eigenvalue weighted by Crippen LogP contribution is -2.35. The molecule has 0 saturated heterocycles. The largest absolute Gasteiger partial charge is 0.456 e. The van der Waals surface area contributed by atoms with Crippen LogP contribution in [0.1, 0.15) is 12.0 Å². The Bertz CT molecular complexity index is 1030. The van der Waals surface area contributed by atoms with Crippen molar-refractivity contribution in [3.05, 3.63) is 64.8 Å². The van der Waals surface area contributed by atoms with Crippen LogP contribution in [0.5, 0.6) is 0 Å². The molecule has 29 heavy (non-hydrogen) atoms. The summed E-state index contributed by atoms with van der Waals surface area (Å²) in [6, 6.07) is 15.0. The lowest BCUT2D eigenvalue weighted by Gasteiger charge is -2.09. The zero-order chi connectivity index (χ0) is 20.6. The van der Waals surface area contributed by atoms with Crippen molar-refractivity contribution in [2.24, 2.45) is 0 Å². The van der Waals surface area contributed by atoms with E-state index < -0.39 is 18.5 Å². The van der Waals surface area contributed by atoms with E-state index in [9.17, 15) is 14.4 Å². The molecule has 0 bridgehead atoms. The molecule has 3 aromatic rings. The van der Waals surface area contributed by atoms with E-state index in [0.29, 0.717) is 12.1 Å². The number of rotatable bonds is 8. The number of amides is 2. The number of aryl methyl sites for hydroxylation is 1. The molecule has 3 N–H and O–H groups in total. The normalized spacial score (nSPS) is 10.5. The highest BCUT2D eigenvalue weighted by Crippen LogP contribution is 2.21. The first-order valence-corrected chi connectivity index (χ1v) is 9.84. The van der Waals surface area contributed by atoms with Gasteiger partial charge in [0.25, 0.3) is 5.91 Å². The predicted octanol–water partition coefficient (Wildman–Crippen LogP) is 3.16. The summed E-state index contributed by atoms with van der Waals surface area (Å²) in [5, 5.41) is 6.16. The third-order valence-corrected chi connectivity index (χ3v) is 4.92. The molecule has 1 heterocycles. The van der Waals surface area contributed by atoms with Gasteiger partial charge in [0, 0.05) is 28.0 Å². The van der Waals surface area contributed by atoms with Gasteiger partial charge in [-0.3, -0.25) is 14.4 Å². The Labute approximate surface area is 175 Å². The van der Waals surface area contributed by atoms with E-state index in [1.807, 2.05) is 36.5 Å². The lowest BCUT2D eigenvalue weighted by molar-refractivity contribution is -0.148. The average Bonchev–Trinajstić information content (AvgIpc) is 3.14. The Morgan fingerprint density at radius 2 is 1.76 bits per heavy atom. The number of para-hydroxylation sites is 2. The highest BCUT2D eigenvalue weighted by molar-refractivity contribution is 9.10. The first kappa shape index (κ1) is 20.6. The number of halogens is 1. The van der Waals surface area contributed by atoms with E-state index in [1.165, 1.54) is 0 Å². The minimum atomic E-state index is -0.535. The standard InChI is InChI=1S/C21H20BrN3O4/c22-16-6-2-4-8-18(16)25-19(26)12-24-20(27)13-29-21(28)10-9-14-11-23-17-7-3-1-5-15(14)17/h1-8,11,23H,9-10,12-13H2,(H,24,27)(H,25,26). The van der Waals surface area contributed by atoms with Crippen molar-refractivity contribution in [3.8, 4) is 0 Å². The number of anilines is 1. The fourth-order valence-electron chi connectivity index (χ4n) is 2.78. The van der Waals surface area contributed by atoms with Gasteiger partial charge in [0.2, 0.25) is 5.91 Å². The number of carbonyl (C=O) groups is 3. The van der Waals surface area contributed by atoms with Crippen LogP contribution >= 0.6 is 15.9 Å². The van der Waals surface area contributed by atoms with Crippen LogP contribution in [0.25, 0.3) is 10.9 Å². The van der Waals surface area contributed by atoms with Gasteiger partial charge in [-0.05, 0) is 46.1 Å². The molecule has 1 aromatic heterocycles. The van der Waals surface area contributed by atoms with E-state index in [2.05, 4.69) is 31.5 Å². The smallest absolute Gasteiger partial charge is 0.306 e. The maximum absolute atomic E-state index is 11.9. The molecule has 0 aliphatic rings. The SMILES string of the molecule is O=C(COC(=O)CCc1c[nH]c2ccccc12)NCC(=O)Nc1ccccc1Br. The van der Waals surface area contributed by atoms with Crippen LogP contribution in [0.15, 0.2) is 59.2 Å². The van der Waals surface area contributed by atoms with Crippen LogP contribution in [-0.4, -0.2) is 35.9 Å². The number of carbonyl (C=O) groups excluding carboxylic acids is 3. The lowest BCUT2D eigenvalue weighted by atomic mass is 10.1. The molecule has 2 amide bonds. The number of benzene rings is 2. The molecule has 0 saturated carbocycles. The van der Waals surface area contributed by atoms with Gasteiger partial charge in [0.1, 0.15) is 0 Å². The van der Waals surface area contributed by atoms with Crippen molar-refractivity contribution in [2.75, 3.05) is 18.5 Å². The van der Waals surface area contributed by atoms with E-state index in [4.69, 9.17) is 4.74 Å². The molecule has 0 radical (unpaired) electrons. The van der Waals surface area contributed by atoms with Crippen molar-refractivity contribution in [1.82, 2.24) is 10.3 Å². The molecular formula is C21H20BrN3O4. The molecule has 0 atom stereocenters. The molecular weight excluding hydrogens is 438 g/mol. The Kier molecular flexibility index (Phi) is 7.02. The van der Waals surface area contributed by atoms with Crippen molar-refractivity contribution >= 4 is 50.3 Å². The number of aromatic amines is 1. The summed E-state index contributed by atoms with van der Waals surface area (Å²) in [6.07, 6.45) is 2.55. The Hall–Kier alpha value is -3.13. The second kappa shape index (κ2) is 9.88. The number of ether oxygens (including phenoxy) is 1. The average molecular weight is 458 g/mol. The Morgan fingerprint density at radius 3 is 2.59 bits per heavy atom. The third-order valence-electron chi connectivity index (χ3n) is 4.23. The van der Waals surface area contributed by atoms with Crippen LogP contribution in [0.3, 0.4) is 0 Å².